The Morgan fingerprint density at radius 1 is 0.625 bits per heavy atom. The van der Waals surface area contributed by atoms with Crippen LogP contribution >= 0.6 is 23.5 Å². The molecular formula is C21H21NS2. The summed E-state index contributed by atoms with van der Waals surface area (Å²) >= 11 is 3.68. The van der Waals surface area contributed by atoms with Gasteiger partial charge in [-0.25, -0.2) is 0 Å². The number of rotatable bonds is 6. The molecule has 2 aromatic carbocycles. The van der Waals surface area contributed by atoms with Crippen molar-refractivity contribution in [3.63, 3.8) is 0 Å². The van der Waals surface area contributed by atoms with Gasteiger partial charge in [0, 0.05) is 21.3 Å². The van der Waals surface area contributed by atoms with Crippen LogP contribution in [0.2, 0.25) is 0 Å². The Bertz CT molecular complexity index is 715. The van der Waals surface area contributed by atoms with Gasteiger partial charge in [-0.15, -0.1) is 23.5 Å². The third kappa shape index (κ3) is 5.15. The predicted molar refractivity (Wildman–Crippen MR) is 106 cm³/mol. The molecule has 1 nitrogen and oxygen atoms in total. The smallest absolute Gasteiger partial charge is 0.0509 e. The molecule has 0 radical (unpaired) electrons. The highest BCUT2D eigenvalue weighted by Crippen LogP contribution is 2.24. The summed E-state index contributed by atoms with van der Waals surface area (Å²) in [5.41, 5.74) is 4.88. The molecular weight excluding hydrogens is 330 g/mol. The molecule has 0 N–H and O–H groups in total. The minimum Gasteiger partial charge on any atom is -0.256 e. The molecule has 0 unspecified atom stereocenters. The molecule has 0 aliphatic heterocycles. The average Bonchev–Trinajstić information content (AvgIpc) is 2.61. The average molecular weight is 352 g/mol. The van der Waals surface area contributed by atoms with Crippen molar-refractivity contribution in [1.29, 1.82) is 0 Å². The Morgan fingerprint density at radius 3 is 1.46 bits per heavy atom. The lowest BCUT2D eigenvalue weighted by atomic mass is 10.2. The van der Waals surface area contributed by atoms with E-state index in [4.69, 9.17) is 4.98 Å². The number of pyridine rings is 1. The van der Waals surface area contributed by atoms with E-state index >= 15 is 0 Å². The minimum absolute atomic E-state index is 0.909. The highest BCUT2D eigenvalue weighted by molar-refractivity contribution is 7.98. The van der Waals surface area contributed by atoms with Crippen LogP contribution in [0.4, 0.5) is 0 Å². The second-order valence-electron chi connectivity index (χ2n) is 5.82. The predicted octanol–water partition coefficient (Wildman–Crippen LogP) is 6.28. The Labute approximate surface area is 152 Å². The normalized spacial score (nSPS) is 10.8. The van der Waals surface area contributed by atoms with Crippen molar-refractivity contribution in [3.8, 4) is 0 Å². The zero-order chi connectivity index (χ0) is 16.8. The molecule has 0 aliphatic carbocycles. The molecule has 122 valence electrons. The van der Waals surface area contributed by atoms with Crippen LogP contribution in [0.15, 0.2) is 76.5 Å². The number of hydrogen-bond acceptors (Lipinski definition) is 3. The minimum atomic E-state index is 0.909. The van der Waals surface area contributed by atoms with Crippen LogP contribution in [0.1, 0.15) is 22.5 Å². The number of benzene rings is 2. The molecule has 0 atom stereocenters. The van der Waals surface area contributed by atoms with Crippen molar-refractivity contribution in [2.24, 2.45) is 0 Å². The summed E-state index contributed by atoms with van der Waals surface area (Å²) in [4.78, 5) is 7.38. The molecule has 1 heterocycles. The quantitative estimate of drug-likeness (QED) is 0.485. The number of aryl methyl sites for hydroxylation is 2. The first-order valence-electron chi connectivity index (χ1n) is 8.03. The molecule has 0 saturated heterocycles. The molecule has 3 heteroatoms. The highest BCUT2D eigenvalue weighted by atomic mass is 32.2. The third-order valence-corrected chi connectivity index (χ3v) is 5.77. The van der Waals surface area contributed by atoms with Gasteiger partial charge in [0.1, 0.15) is 0 Å². The van der Waals surface area contributed by atoms with Gasteiger partial charge >= 0.3 is 0 Å². The first kappa shape index (κ1) is 17.1. The first-order chi connectivity index (χ1) is 11.7. The van der Waals surface area contributed by atoms with Crippen molar-refractivity contribution in [2.45, 2.75) is 35.1 Å². The van der Waals surface area contributed by atoms with Gasteiger partial charge in [-0.1, -0.05) is 41.5 Å². The zero-order valence-corrected chi connectivity index (χ0v) is 15.7. The van der Waals surface area contributed by atoms with E-state index in [2.05, 4.69) is 80.6 Å². The van der Waals surface area contributed by atoms with Crippen molar-refractivity contribution in [1.82, 2.24) is 4.98 Å². The SMILES string of the molecule is Cc1ccc(SCc2cccc(CSc3ccc(C)cc3)n2)cc1. The van der Waals surface area contributed by atoms with Crippen LogP contribution in [0.3, 0.4) is 0 Å². The summed E-state index contributed by atoms with van der Waals surface area (Å²) in [6, 6.07) is 23.7. The fourth-order valence-corrected chi connectivity index (χ4v) is 3.88. The second kappa shape index (κ2) is 8.41. The molecule has 24 heavy (non-hydrogen) atoms. The summed E-state index contributed by atoms with van der Waals surface area (Å²) < 4.78 is 0. The van der Waals surface area contributed by atoms with E-state index in [1.54, 1.807) is 0 Å². The lowest BCUT2D eigenvalue weighted by Crippen LogP contribution is -1.92. The van der Waals surface area contributed by atoms with Crippen molar-refractivity contribution < 1.29 is 0 Å². The highest BCUT2D eigenvalue weighted by Gasteiger charge is 2.02. The summed E-state index contributed by atoms with van der Waals surface area (Å²) in [5, 5.41) is 0. The van der Waals surface area contributed by atoms with E-state index in [-0.39, 0.29) is 0 Å². The lowest BCUT2D eigenvalue weighted by molar-refractivity contribution is 1.09. The van der Waals surface area contributed by atoms with Gasteiger partial charge in [0.15, 0.2) is 0 Å². The van der Waals surface area contributed by atoms with Crippen molar-refractivity contribution in [3.05, 3.63) is 89.2 Å². The summed E-state index contributed by atoms with van der Waals surface area (Å²) in [7, 11) is 0. The standard InChI is InChI=1S/C21H21NS2/c1-16-6-10-20(11-7-16)23-14-18-4-3-5-19(22-18)15-24-21-12-8-17(2)9-13-21/h3-13H,14-15H2,1-2H3. The maximum atomic E-state index is 4.80. The molecule has 3 rings (SSSR count). The molecule has 0 bridgehead atoms. The molecule has 0 fully saturated rings. The maximum absolute atomic E-state index is 4.80. The number of aromatic nitrogens is 1. The lowest BCUT2D eigenvalue weighted by Gasteiger charge is -2.06. The maximum Gasteiger partial charge on any atom is 0.0509 e. The van der Waals surface area contributed by atoms with Crippen molar-refractivity contribution >= 4 is 23.5 Å². The van der Waals surface area contributed by atoms with E-state index in [0.717, 1.165) is 22.9 Å². The monoisotopic (exact) mass is 351 g/mol. The molecule has 0 amide bonds. The molecule has 0 aliphatic rings. The van der Waals surface area contributed by atoms with Crippen molar-refractivity contribution in [2.75, 3.05) is 0 Å². The Balaban J connectivity index is 1.57. The molecule has 0 saturated carbocycles. The fraction of sp³-hybridized carbons (Fsp3) is 0.190. The number of thioether (sulfide) groups is 2. The third-order valence-electron chi connectivity index (χ3n) is 3.68. The Hall–Kier alpha value is -1.71. The van der Waals surface area contributed by atoms with E-state index in [1.807, 2.05) is 23.5 Å². The number of hydrogen-bond donors (Lipinski definition) is 0. The van der Waals surface area contributed by atoms with Gasteiger partial charge in [-0.05, 0) is 50.2 Å². The van der Waals surface area contributed by atoms with Gasteiger partial charge in [0.05, 0.1) is 11.4 Å². The Kier molecular flexibility index (Phi) is 6.00. The van der Waals surface area contributed by atoms with Crippen LogP contribution in [-0.4, -0.2) is 4.98 Å². The van der Waals surface area contributed by atoms with Gasteiger partial charge in [0.2, 0.25) is 0 Å². The van der Waals surface area contributed by atoms with Gasteiger partial charge in [0.25, 0.3) is 0 Å². The molecule has 3 aromatic rings. The summed E-state index contributed by atoms with van der Waals surface area (Å²) in [5.74, 6) is 1.82. The van der Waals surface area contributed by atoms with Gasteiger partial charge in [-0.2, -0.15) is 0 Å². The summed E-state index contributed by atoms with van der Waals surface area (Å²) in [6.07, 6.45) is 0. The molecule has 1 aromatic heterocycles. The van der Waals surface area contributed by atoms with E-state index in [0.29, 0.717) is 0 Å². The van der Waals surface area contributed by atoms with Crippen LogP contribution in [0.25, 0.3) is 0 Å². The van der Waals surface area contributed by atoms with E-state index < -0.39 is 0 Å². The topological polar surface area (TPSA) is 12.9 Å². The van der Waals surface area contributed by atoms with Crippen LogP contribution in [0, 0.1) is 13.8 Å². The molecule has 0 spiro atoms. The Morgan fingerprint density at radius 2 is 1.04 bits per heavy atom. The number of nitrogens with zero attached hydrogens (tertiary/aromatic N) is 1. The van der Waals surface area contributed by atoms with Crippen LogP contribution in [0.5, 0.6) is 0 Å². The zero-order valence-electron chi connectivity index (χ0n) is 14.0. The van der Waals surface area contributed by atoms with E-state index in [9.17, 15) is 0 Å². The van der Waals surface area contributed by atoms with Crippen LogP contribution < -0.4 is 0 Å². The summed E-state index contributed by atoms with van der Waals surface area (Å²) in [6.45, 7) is 4.23. The van der Waals surface area contributed by atoms with E-state index in [1.165, 1.54) is 20.9 Å². The van der Waals surface area contributed by atoms with Gasteiger partial charge < -0.3 is 0 Å². The fourth-order valence-electron chi connectivity index (χ4n) is 2.27. The second-order valence-corrected chi connectivity index (χ2v) is 7.92. The first-order valence-corrected chi connectivity index (χ1v) is 10.00. The van der Waals surface area contributed by atoms with Crippen LogP contribution in [-0.2, 0) is 11.5 Å². The largest absolute Gasteiger partial charge is 0.256 e. The van der Waals surface area contributed by atoms with Gasteiger partial charge in [-0.3, -0.25) is 4.98 Å².